The highest BCUT2D eigenvalue weighted by atomic mass is 32.1. The molecule has 0 fully saturated rings. The third kappa shape index (κ3) is 2.80. The van der Waals surface area contributed by atoms with Crippen molar-refractivity contribution in [1.29, 1.82) is 0 Å². The van der Waals surface area contributed by atoms with E-state index in [0.717, 1.165) is 11.4 Å². The minimum Gasteiger partial charge on any atom is -0.373 e. The van der Waals surface area contributed by atoms with Crippen molar-refractivity contribution in [2.75, 3.05) is 17.7 Å². The zero-order chi connectivity index (χ0) is 13.0. The van der Waals surface area contributed by atoms with Gasteiger partial charge in [-0.25, -0.2) is 4.98 Å². The maximum Gasteiger partial charge on any atom is 0.276 e. The molecule has 2 rings (SSSR count). The second kappa shape index (κ2) is 5.54. The van der Waals surface area contributed by atoms with Crippen molar-refractivity contribution in [3.05, 3.63) is 28.9 Å². The molecular weight excluding hydrogens is 250 g/mol. The van der Waals surface area contributed by atoms with Crippen LogP contribution in [-0.4, -0.2) is 28.1 Å². The lowest BCUT2D eigenvalue weighted by atomic mass is 10.3. The number of aromatic nitrogens is 3. The van der Waals surface area contributed by atoms with Gasteiger partial charge in [-0.2, -0.15) is 0 Å². The number of anilines is 2. The van der Waals surface area contributed by atoms with Crippen molar-refractivity contribution >= 4 is 28.2 Å². The van der Waals surface area contributed by atoms with Crippen molar-refractivity contribution in [2.45, 2.75) is 13.3 Å². The quantitative estimate of drug-likeness (QED) is 0.879. The van der Waals surface area contributed by atoms with Gasteiger partial charge >= 0.3 is 0 Å². The summed E-state index contributed by atoms with van der Waals surface area (Å²) in [6, 6.07) is 5.21. The van der Waals surface area contributed by atoms with E-state index < -0.39 is 0 Å². The fraction of sp³-hybridized carbons (Fsp3) is 0.273. The lowest BCUT2D eigenvalue weighted by Crippen LogP contribution is -2.14. The summed E-state index contributed by atoms with van der Waals surface area (Å²) in [5, 5.41) is 14.8. The first-order chi connectivity index (χ1) is 8.72. The Morgan fingerprint density at radius 2 is 2.22 bits per heavy atom. The molecule has 0 atom stereocenters. The average molecular weight is 263 g/mol. The molecule has 0 spiro atoms. The van der Waals surface area contributed by atoms with Crippen LogP contribution in [-0.2, 0) is 6.42 Å². The summed E-state index contributed by atoms with van der Waals surface area (Å²) in [7, 11) is 1.75. The Balaban J connectivity index is 2.11. The molecule has 0 bridgehead atoms. The molecule has 0 unspecified atom stereocenters. The van der Waals surface area contributed by atoms with Crippen LogP contribution in [0.15, 0.2) is 18.2 Å². The molecule has 0 radical (unpaired) electrons. The predicted molar refractivity (Wildman–Crippen MR) is 71.0 cm³/mol. The van der Waals surface area contributed by atoms with E-state index in [1.807, 2.05) is 6.92 Å². The summed E-state index contributed by atoms with van der Waals surface area (Å²) in [5.41, 5.74) is 0.343. The molecule has 0 saturated carbocycles. The summed E-state index contributed by atoms with van der Waals surface area (Å²) >= 11 is 1.37. The highest BCUT2D eigenvalue weighted by Crippen LogP contribution is 2.16. The number of amides is 1. The standard InChI is InChI=1S/C11H13N5OS/c1-3-9-15-16-11(18-9)14-10(17)7-5-4-6-8(12-2)13-7/h4-6H,3H2,1-2H3,(H,12,13)(H,14,16,17). The summed E-state index contributed by atoms with van der Waals surface area (Å²) in [5.74, 6) is 0.361. The Kier molecular flexibility index (Phi) is 3.83. The molecule has 6 nitrogen and oxygen atoms in total. The number of carbonyl (C=O) groups is 1. The van der Waals surface area contributed by atoms with Gasteiger partial charge in [0.15, 0.2) is 0 Å². The second-order valence-electron chi connectivity index (χ2n) is 3.47. The molecule has 2 aromatic rings. The maximum atomic E-state index is 11.9. The SMILES string of the molecule is CCc1nnc(NC(=O)c2cccc(NC)n2)s1. The van der Waals surface area contributed by atoms with Crippen molar-refractivity contribution in [1.82, 2.24) is 15.2 Å². The van der Waals surface area contributed by atoms with Crippen molar-refractivity contribution in [2.24, 2.45) is 0 Å². The van der Waals surface area contributed by atoms with Crippen LogP contribution in [0, 0.1) is 0 Å². The minimum absolute atomic E-state index is 0.286. The van der Waals surface area contributed by atoms with E-state index in [4.69, 9.17) is 0 Å². The normalized spacial score (nSPS) is 10.1. The number of rotatable bonds is 4. The van der Waals surface area contributed by atoms with Crippen LogP contribution < -0.4 is 10.6 Å². The topological polar surface area (TPSA) is 79.8 Å². The fourth-order valence-electron chi connectivity index (χ4n) is 1.31. The number of hydrogen-bond donors (Lipinski definition) is 2. The molecule has 18 heavy (non-hydrogen) atoms. The molecule has 94 valence electrons. The summed E-state index contributed by atoms with van der Waals surface area (Å²) in [6.07, 6.45) is 0.807. The van der Waals surface area contributed by atoms with E-state index in [1.54, 1.807) is 25.2 Å². The smallest absolute Gasteiger partial charge is 0.276 e. The monoisotopic (exact) mass is 263 g/mol. The molecule has 2 aromatic heterocycles. The Morgan fingerprint density at radius 1 is 1.39 bits per heavy atom. The van der Waals surface area contributed by atoms with E-state index >= 15 is 0 Å². The van der Waals surface area contributed by atoms with E-state index in [9.17, 15) is 4.79 Å². The van der Waals surface area contributed by atoms with Crippen LogP contribution in [0.5, 0.6) is 0 Å². The average Bonchev–Trinajstić information content (AvgIpc) is 2.86. The first kappa shape index (κ1) is 12.4. The maximum absolute atomic E-state index is 11.9. The lowest BCUT2D eigenvalue weighted by molar-refractivity contribution is 0.102. The molecule has 1 amide bonds. The van der Waals surface area contributed by atoms with Gasteiger partial charge in [0.05, 0.1) is 0 Å². The summed E-state index contributed by atoms with van der Waals surface area (Å²) in [4.78, 5) is 16.1. The third-order valence-corrected chi connectivity index (χ3v) is 3.21. The van der Waals surface area contributed by atoms with E-state index in [0.29, 0.717) is 16.6 Å². The zero-order valence-electron chi connectivity index (χ0n) is 10.1. The van der Waals surface area contributed by atoms with Crippen LogP contribution in [0.3, 0.4) is 0 Å². The molecule has 0 aliphatic heterocycles. The van der Waals surface area contributed by atoms with E-state index in [2.05, 4.69) is 25.8 Å². The number of carbonyl (C=O) groups excluding carboxylic acids is 1. The summed E-state index contributed by atoms with van der Waals surface area (Å²) < 4.78 is 0. The molecule has 0 aliphatic rings. The van der Waals surface area contributed by atoms with Gasteiger partial charge in [-0.15, -0.1) is 10.2 Å². The number of nitrogens with one attached hydrogen (secondary N) is 2. The largest absolute Gasteiger partial charge is 0.373 e. The van der Waals surface area contributed by atoms with E-state index in [1.165, 1.54) is 11.3 Å². The molecule has 0 saturated heterocycles. The van der Waals surface area contributed by atoms with Crippen LogP contribution in [0.25, 0.3) is 0 Å². The fourth-order valence-corrected chi connectivity index (χ4v) is 1.98. The van der Waals surface area contributed by atoms with Gasteiger partial charge in [0.2, 0.25) is 5.13 Å². The highest BCUT2D eigenvalue weighted by Gasteiger charge is 2.11. The number of aryl methyl sites for hydroxylation is 1. The molecular formula is C11H13N5OS. The Labute approximate surface area is 108 Å². The van der Waals surface area contributed by atoms with Crippen molar-refractivity contribution in [3.63, 3.8) is 0 Å². The van der Waals surface area contributed by atoms with Gasteiger partial charge in [-0.1, -0.05) is 24.3 Å². The van der Waals surface area contributed by atoms with Gasteiger partial charge in [-0.05, 0) is 18.6 Å². The number of nitrogens with zero attached hydrogens (tertiary/aromatic N) is 3. The third-order valence-electron chi connectivity index (χ3n) is 2.23. The Bertz CT molecular complexity index is 554. The minimum atomic E-state index is -0.286. The van der Waals surface area contributed by atoms with Gasteiger partial charge in [0.1, 0.15) is 16.5 Å². The summed E-state index contributed by atoms with van der Waals surface area (Å²) in [6.45, 7) is 1.99. The van der Waals surface area contributed by atoms with Crippen LogP contribution >= 0.6 is 11.3 Å². The van der Waals surface area contributed by atoms with Crippen LogP contribution in [0.1, 0.15) is 22.4 Å². The highest BCUT2D eigenvalue weighted by molar-refractivity contribution is 7.15. The lowest BCUT2D eigenvalue weighted by Gasteiger charge is -2.02. The zero-order valence-corrected chi connectivity index (χ0v) is 10.9. The second-order valence-corrected chi connectivity index (χ2v) is 4.53. The Morgan fingerprint density at radius 3 is 2.89 bits per heavy atom. The first-order valence-electron chi connectivity index (χ1n) is 5.51. The molecule has 2 heterocycles. The van der Waals surface area contributed by atoms with Gasteiger partial charge in [-0.3, -0.25) is 10.1 Å². The van der Waals surface area contributed by atoms with Crippen LogP contribution in [0.4, 0.5) is 10.9 Å². The van der Waals surface area contributed by atoms with Gasteiger partial charge in [0, 0.05) is 7.05 Å². The van der Waals surface area contributed by atoms with E-state index in [-0.39, 0.29) is 5.91 Å². The van der Waals surface area contributed by atoms with Crippen LogP contribution in [0.2, 0.25) is 0 Å². The Hall–Kier alpha value is -2.02. The molecule has 0 aromatic carbocycles. The molecule has 7 heteroatoms. The number of hydrogen-bond acceptors (Lipinski definition) is 6. The number of pyridine rings is 1. The molecule has 2 N–H and O–H groups in total. The predicted octanol–water partition coefficient (Wildman–Crippen LogP) is 1.79. The van der Waals surface area contributed by atoms with Crippen molar-refractivity contribution in [3.8, 4) is 0 Å². The van der Waals surface area contributed by atoms with Gasteiger partial charge in [0.25, 0.3) is 5.91 Å². The van der Waals surface area contributed by atoms with Crippen molar-refractivity contribution < 1.29 is 4.79 Å². The molecule has 0 aliphatic carbocycles. The first-order valence-corrected chi connectivity index (χ1v) is 6.33. The van der Waals surface area contributed by atoms with Gasteiger partial charge < -0.3 is 5.32 Å².